The van der Waals surface area contributed by atoms with Crippen molar-refractivity contribution < 1.29 is 4.79 Å². The summed E-state index contributed by atoms with van der Waals surface area (Å²) in [5, 5.41) is 3.04. The van der Waals surface area contributed by atoms with Gasteiger partial charge in [0.25, 0.3) is 0 Å². The average Bonchev–Trinajstić information content (AvgIpc) is 2.39. The zero-order valence-corrected chi connectivity index (χ0v) is 7.37. The van der Waals surface area contributed by atoms with Crippen molar-refractivity contribution in [3.05, 3.63) is 36.7 Å². The fourth-order valence-corrected chi connectivity index (χ4v) is 1.49. The van der Waals surface area contributed by atoms with Crippen molar-refractivity contribution in [2.24, 2.45) is 0 Å². The summed E-state index contributed by atoms with van der Waals surface area (Å²) in [6.07, 6.45) is 0. The van der Waals surface area contributed by atoms with Crippen LogP contribution >= 0.6 is 0 Å². The Kier molecular flexibility index (Phi) is 1.59. The first-order chi connectivity index (χ1) is 6.20. The summed E-state index contributed by atoms with van der Waals surface area (Å²) in [5.41, 5.74) is 1.81. The maximum Gasteiger partial charge on any atom is 0.229 e. The highest BCUT2D eigenvalue weighted by Crippen LogP contribution is 2.34. The lowest BCUT2D eigenvalue weighted by atomic mass is 10.2. The summed E-state index contributed by atoms with van der Waals surface area (Å²) in [7, 11) is 0. The Morgan fingerprint density at radius 3 is 2.85 bits per heavy atom. The van der Waals surface area contributed by atoms with Gasteiger partial charge in [0.15, 0.2) is 0 Å². The Morgan fingerprint density at radius 2 is 2.15 bits per heavy atom. The van der Waals surface area contributed by atoms with E-state index in [4.69, 9.17) is 0 Å². The van der Waals surface area contributed by atoms with E-state index in [0.717, 1.165) is 11.4 Å². The van der Waals surface area contributed by atoms with Crippen LogP contribution in [0.3, 0.4) is 0 Å². The summed E-state index contributed by atoms with van der Waals surface area (Å²) >= 11 is 0. The molecule has 1 aromatic rings. The van der Waals surface area contributed by atoms with Gasteiger partial charge in [0.05, 0.1) is 11.4 Å². The molecule has 13 heavy (non-hydrogen) atoms. The highest BCUT2D eigenvalue weighted by Gasteiger charge is 2.24. The molecule has 0 saturated heterocycles. The van der Waals surface area contributed by atoms with Crippen molar-refractivity contribution in [2.45, 2.75) is 6.92 Å². The van der Waals surface area contributed by atoms with E-state index < -0.39 is 0 Å². The van der Waals surface area contributed by atoms with Crippen molar-refractivity contribution in [1.29, 1.82) is 0 Å². The van der Waals surface area contributed by atoms with Crippen LogP contribution < -0.4 is 10.2 Å². The zero-order chi connectivity index (χ0) is 9.42. The van der Waals surface area contributed by atoms with Crippen LogP contribution in [0, 0.1) is 0 Å². The number of amides is 1. The largest absolute Gasteiger partial charge is 0.340 e. The van der Waals surface area contributed by atoms with E-state index in [1.807, 2.05) is 24.3 Å². The number of carbonyl (C=O) groups excluding carboxylic acids is 1. The minimum Gasteiger partial charge on any atom is -0.340 e. The molecule has 0 aromatic heterocycles. The van der Waals surface area contributed by atoms with E-state index in [2.05, 4.69) is 11.9 Å². The van der Waals surface area contributed by atoms with Gasteiger partial charge in [-0.1, -0.05) is 18.7 Å². The SMILES string of the molecule is C=C1Nc2ccccc2N1C(C)=O. The summed E-state index contributed by atoms with van der Waals surface area (Å²) < 4.78 is 0. The quantitative estimate of drug-likeness (QED) is 0.651. The van der Waals surface area contributed by atoms with E-state index in [1.54, 1.807) is 4.90 Å². The van der Waals surface area contributed by atoms with E-state index in [1.165, 1.54) is 6.92 Å². The molecule has 0 bridgehead atoms. The number of para-hydroxylation sites is 2. The first kappa shape index (κ1) is 7.86. The molecule has 0 radical (unpaired) electrons. The van der Waals surface area contributed by atoms with Crippen LogP contribution in [-0.4, -0.2) is 5.91 Å². The normalized spacial score (nSPS) is 13.9. The van der Waals surface area contributed by atoms with Gasteiger partial charge in [-0.15, -0.1) is 0 Å². The molecule has 1 heterocycles. The molecule has 0 saturated carbocycles. The summed E-state index contributed by atoms with van der Waals surface area (Å²) in [4.78, 5) is 12.8. The Hall–Kier alpha value is -1.77. The Labute approximate surface area is 76.7 Å². The molecule has 2 rings (SSSR count). The first-order valence-corrected chi connectivity index (χ1v) is 4.06. The van der Waals surface area contributed by atoms with Crippen LogP contribution in [0.1, 0.15) is 6.92 Å². The molecule has 0 unspecified atom stereocenters. The molecule has 0 fully saturated rings. The monoisotopic (exact) mass is 174 g/mol. The molecular weight excluding hydrogens is 164 g/mol. The van der Waals surface area contributed by atoms with Crippen molar-refractivity contribution in [2.75, 3.05) is 10.2 Å². The van der Waals surface area contributed by atoms with E-state index in [0.29, 0.717) is 5.82 Å². The van der Waals surface area contributed by atoms with E-state index >= 15 is 0 Å². The standard InChI is InChI=1S/C10H10N2O/c1-7-11-9-5-3-4-6-10(9)12(7)8(2)13/h3-6,11H,1H2,2H3. The van der Waals surface area contributed by atoms with Gasteiger partial charge in [0.1, 0.15) is 5.82 Å². The number of fused-ring (bicyclic) bond motifs is 1. The van der Waals surface area contributed by atoms with Crippen molar-refractivity contribution in [3.8, 4) is 0 Å². The fraction of sp³-hybridized carbons (Fsp3) is 0.100. The summed E-state index contributed by atoms with van der Waals surface area (Å²) in [6.45, 7) is 5.29. The molecule has 0 aliphatic carbocycles. The number of benzene rings is 1. The molecule has 1 aliphatic heterocycles. The molecule has 66 valence electrons. The lowest BCUT2D eigenvalue weighted by Gasteiger charge is -2.13. The van der Waals surface area contributed by atoms with Gasteiger partial charge >= 0.3 is 0 Å². The highest BCUT2D eigenvalue weighted by atomic mass is 16.2. The van der Waals surface area contributed by atoms with Crippen LogP contribution in [0.4, 0.5) is 11.4 Å². The molecular formula is C10H10N2O. The second kappa shape index (κ2) is 2.62. The second-order valence-electron chi connectivity index (χ2n) is 2.94. The lowest BCUT2D eigenvalue weighted by Crippen LogP contribution is -2.25. The third kappa shape index (κ3) is 1.09. The third-order valence-electron chi connectivity index (χ3n) is 2.01. The molecule has 1 aliphatic rings. The number of nitrogens with zero attached hydrogens (tertiary/aromatic N) is 1. The fourth-order valence-electron chi connectivity index (χ4n) is 1.49. The van der Waals surface area contributed by atoms with Crippen molar-refractivity contribution in [1.82, 2.24) is 0 Å². The molecule has 3 heteroatoms. The van der Waals surface area contributed by atoms with Crippen LogP contribution in [-0.2, 0) is 4.79 Å². The number of hydrogen-bond acceptors (Lipinski definition) is 2. The second-order valence-corrected chi connectivity index (χ2v) is 2.94. The molecule has 0 spiro atoms. The van der Waals surface area contributed by atoms with Crippen molar-refractivity contribution in [3.63, 3.8) is 0 Å². The van der Waals surface area contributed by atoms with Gasteiger partial charge in [-0.05, 0) is 12.1 Å². The number of rotatable bonds is 0. The van der Waals surface area contributed by atoms with Crippen LogP contribution in [0.15, 0.2) is 36.7 Å². The predicted octanol–water partition coefficient (Wildman–Crippen LogP) is 1.94. The van der Waals surface area contributed by atoms with Gasteiger partial charge in [-0.25, -0.2) is 0 Å². The van der Waals surface area contributed by atoms with Gasteiger partial charge in [-0.3, -0.25) is 9.69 Å². The van der Waals surface area contributed by atoms with E-state index in [9.17, 15) is 4.79 Å². The van der Waals surface area contributed by atoms with Crippen LogP contribution in [0.5, 0.6) is 0 Å². The highest BCUT2D eigenvalue weighted by molar-refractivity contribution is 6.02. The summed E-state index contributed by atoms with van der Waals surface area (Å²) in [5.74, 6) is 0.594. The molecule has 1 aromatic carbocycles. The van der Waals surface area contributed by atoms with Crippen LogP contribution in [0.25, 0.3) is 0 Å². The van der Waals surface area contributed by atoms with Gasteiger partial charge in [-0.2, -0.15) is 0 Å². The maximum absolute atomic E-state index is 11.2. The Balaban J connectivity index is 2.52. The Bertz CT molecular complexity index is 384. The molecule has 1 N–H and O–H groups in total. The maximum atomic E-state index is 11.2. The first-order valence-electron chi connectivity index (χ1n) is 4.06. The topological polar surface area (TPSA) is 32.3 Å². The zero-order valence-electron chi connectivity index (χ0n) is 7.37. The average molecular weight is 174 g/mol. The molecule has 3 nitrogen and oxygen atoms in total. The number of carbonyl (C=O) groups is 1. The lowest BCUT2D eigenvalue weighted by molar-refractivity contribution is -0.116. The third-order valence-corrected chi connectivity index (χ3v) is 2.01. The summed E-state index contributed by atoms with van der Waals surface area (Å²) in [6, 6.07) is 7.63. The van der Waals surface area contributed by atoms with Gasteiger partial charge in [0.2, 0.25) is 5.91 Å². The predicted molar refractivity (Wildman–Crippen MR) is 52.4 cm³/mol. The molecule has 1 amide bonds. The van der Waals surface area contributed by atoms with Crippen molar-refractivity contribution >= 4 is 17.3 Å². The Morgan fingerprint density at radius 1 is 1.46 bits per heavy atom. The minimum absolute atomic E-state index is 0.0255. The number of nitrogens with one attached hydrogen (secondary N) is 1. The number of anilines is 2. The number of hydrogen-bond donors (Lipinski definition) is 1. The van der Waals surface area contributed by atoms with Gasteiger partial charge in [0, 0.05) is 6.92 Å². The van der Waals surface area contributed by atoms with E-state index in [-0.39, 0.29) is 5.91 Å². The minimum atomic E-state index is -0.0255. The van der Waals surface area contributed by atoms with Gasteiger partial charge < -0.3 is 5.32 Å². The van der Waals surface area contributed by atoms with Crippen LogP contribution in [0.2, 0.25) is 0 Å². The smallest absolute Gasteiger partial charge is 0.229 e. The molecule has 0 atom stereocenters.